The molecule has 3 heterocycles. The number of piperazine rings is 1. The van der Waals surface area contributed by atoms with Gasteiger partial charge in [0.15, 0.2) is 0 Å². The van der Waals surface area contributed by atoms with Crippen molar-refractivity contribution in [1.82, 2.24) is 19.6 Å². The molecule has 172 valence electrons. The van der Waals surface area contributed by atoms with Gasteiger partial charge in [-0.3, -0.25) is 29.0 Å². The molecule has 3 rings (SSSR count). The SMILES string of the molecule is CC(C)(C)OC(=O)N1CCCCC1C(=O)N1CCN(C(=O)CN2C(=O)CCC2=O)CC1. The van der Waals surface area contributed by atoms with Gasteiger partial charge in [0.2, 0.25) is 23.6 Å². The number of ether oxygens (including phenoxy) is 1. The fraction of sp³-hybridized carbons (Fsp3) is 0.762. The maximum absolute atomic E-state index is 13.2. The summed E-state index contributed by atoms with van der Waals surface area (Å²) in [5.41, 5.74) is -0.633. The van der Waals surface area contributed by atoms with Gasteiger partial charge in [0.1, 0.15) is 18.2 Å². The Morgan fingerprint density at radius 1 is 0.903 bits per heavy atom. The zero-order chi connectivity index (χ0) is 22.8. The lowest BCUT2D eigenvalue weighted by Crippen LogP contribution is -2.58. The second kappa shape index (κ2) is 9.23. The van der Waals surface area contributed by atoms with Gasteiger partial charge in [-0.25, -0.2) is 4.79 Å². The first-order valence-corrected chi connectivity index (χ1v) is 11.0. The molecule has 3 saturated heterocycles. The Morgan fingerprint density at radius 3 is 2.06 bits per heavy atom. The normalized spacial score (nSPS) is 22.7. The molecule has 0 aromatic carbocycles. The molecule has 0 aliphatic carbocycles. The number of hydrogen-bond donors (Lipinski definition) is 0. The third-order valence-electron chi connectivity index (χ3n) is 5.81. The molecule has 0 bridgehead atoms. The van der Waals surface area contributed by atoms with E-state index in [1.165, 1.54) is 4.90 Å². The minimum atomic E-state index is -0.633. The van der Waals surface area contributed by atoms with Crippen molar-refractivity contribution in [3.05, 3.63) is 0 Å². The molecule has 0 aromatic rings. The van der Waals surface area contributed by atoms with Crippen LogP contribution in [0.4, 0.5) is 4.79 Å². The van der Waals surface area contributed by atoms with Crippen LogP contribution in [0.25, 0.3) is 0 Å². The van der Waals surface area contributed by atoms with Gasteiger partial charge >= 0.3 is 6.09 Å². The second-order valence-electron chi connectivity index (χ2n) is 9.27. The summed E-state index contributed by atoms with van der Waals surface area (Å²) in [5.74, 6) is -1.04. The highest BCUT2D eigenvalue weighted by molar-refractivity contribution is 6.04. The molecule has 31 heavy (non-hydrogen) atoms. The number of imide groups is 1. The predicted octanol–water partition coefficient (Wildman–Crippen LogP) is 0.596. The molecule has 3 aliphatic heterocycles. The van der Waals surface area contributed by atoms with Gasteiger partial charge in [0, 0.05) is 45.6 Å². The van der Waals surface area contributed by atoms with E-state index in [1.807, 2.05) is 0 Å². The van der Waals surface area contributed by atoms with Crippen LogP contribution in [0.1, 0.15) is 52.9 Å². The van der Waals surface area contributed by atoms with Gasteiger partial charge in [0.25, 0.3) is 0 Å². The fourth-order valence-electron chi connectivity index (χ4n) is 4.15. The lowest BCUT2D eigenvalue weighted by molar-refractivity contribution is -0.148. The summed E-state index contributed by atoms with van der Waals surface area (Å²) in [7, 11) is 0. The zero-order valence-corrected chi connectivity index (χ0v) is 18.6. The Morgan fingerprint density at radius 2 is 1.48 bits per heavy atom. The first kappa shape index (κ1) is 23.0. The molecule has 3 fully saturated rings. The minimum absolute atomic E-state index is 0.123. The number of nitrogens with zero attached hydrogens (tertiary/aromatic N) is 4. The van der Waals surface area contributed by atoms with E-state index in [9.17, 15) is 24.0 Å². The number of rotatable bonds is 3. The number of hydrogen-bond acceptors (Lipinski definition) is 6. The number of likely N-dealkylation sites (tertiary alicyclic amines) is 2. The minimum Gasteiger partial charge on any atom is -0.444 e. The van der Waals surface area contributed by atoms with Gasteiger partial charge in [0.05, 0.1) is 0 Å². The average Bonchev–Trinajstić information content (AvgIpc) is 3.04. The van der Waals surface area contributed by atoms with Crippen molar-refractivity contribution >= 4 is 29.7 Å². The quantitative estimate of drug-likeness (QED) is 0.600. The third-order valence-corrected chi connectivity index (χ3v) is 5.81. The molecule has 10 heteroatoms. The first-order chi connectivity index (χ1) is 14.6. The van der Waals surface area contributed by atoms with Crippen molar-refractivity contribution < 1.29 is 28.7 Å². The zero-order valence-electron chi connectivity index (χ0n) is 18.6. The van der Waals surface area contributed by atoms with Crippen LogP contribution in [0.5, 0.6) is 0 Å². The van der Waals surface area contributed by atoms with E-state index < -0.39 is 17.7 Å². The predicted molar refractivity (Wildman–Crippen MR) is 110 cm³/mol. The van der Waals surface area contributed by atoms with Crippen LogP contribution in [0.2, 0.25) is 0 Å². The molecular weight excluding hydrogens is 404 g/mol. The van der Waals surface area contributed by atoms with Gasteiger partial charge in [-0.15, -0.1) is 0 Å². The average molecular weight is 437 g/mol. The van der Waals surface area contributed by atoms with Gasteiger partial charge in [-0.2, -0.15) is 0 Å². The Hall–Kier alpha value is -2.65. The molecule has 10 nitrogen and oxygen atoms in total. The van der Waals surface area contributed by atoms with E-state index in [0.717, 1.165) is 17.7 Å². The van der Waals surface area contributed by atoms with Crippen molar-refractivity contribution in [2.24, 2.45) is 0 Å². The van der Waals surface area contributed by atoms with E-state index in [1.54, 1.807) is 30.6 Å². The molecule has 5 amide bonds. The van der Waals surface area contributed by atoms with Gasteiger partial charge < -0.3 is 14.5 Å². The smallest absolute Gasteiger partial charge is 0.410 e. The van der Waals surface area contributed by atoms with Crippen LogP contribution in [-0.4, -0.2) is 100 Å². The monoisotopic (exact) mass is 436 g/mol. The van der Waals surface area contributed by atoms with E-state index in [4.69, 9.17) is 4.74 Å². The Kier molecular flexibility index (Phi) is 6.86. The number of amides is 5. The van der Waals surface area contributed by atoms with Crippen molar-refractivity contribution in [1.29, 1.82) is 0 Å². The number of piperidine rings is 1. The second-order valence-corrected chi connectivity index (χ2v) is 9.27. The van der Waals surface area contributed by atoms with Crippen LogP contribution in [0, 0.1) is 0 Å². The summed E-state index contributed by atoms with van der Waals surface area (Å²) in [6.45, 7) is 7.01. The molecule has 0 saturated carbocycles. The van der Waals surface area contributed by atoms with Crippen LogP contribution in [0.15, 0.2) is 0 Å². The fourth-order valence-corrected chi connectivity index (χ4v) is 4.15. The maximum Gasteiger partial charge on any atom is 0.410 e. The highest BCUT2D eigenvalue weighted by Gasteiger charge is 2.38. The van der Waals surface area contributed by atoms with Crippen LogP contribution >= 0.6 is 0 Å². The van der Waals surface area contributed by atoms with E-state index >= 15 is 0 Å². The summed E-state index contributed by atoms with van der Waals surface area (Å²) in [4.78, 5) is 67.5. The largest absolute Gasteiger partial charge is 0.444 e. The number of carbonyl (C=O) groups excluding carboxylic acids is 5. The molecule has 0 N–H and O–H groups in total. The van der Waals surface area contributed by atoms with Crippen molar-refractivity contribution in [3.8, 4) is 0 Å². The van der Waals surface area contributed by atoms with Gasteiger partial charge in [-0.1, -0.05) is 0 Å². The Labute approximate surface area is 182 Å². The van der Waals surface area contributed by atoms with Crippen LogP contribution in [-0.2, 0) is 23.9 Å². The molecule has 3 aliphatic rings. The summed E-state index contributed by atoms with van der Waals surface area (Å²) in [5, 5.41) is 0. The molecule has 0 radical (unpaired) electrons. The van der Waals surface area contributed by atoms with Crippen molar-refractivity contribution in [2.45, 2.75) is 64.5 Å². The van der Waals surface area contributed by atoms with E-state index in [0.29, 0.717) is 39.1 Å². The van der Waals surface area contributed by atoms with Crippen molar-refractivity contribution in [2.75, 3.05) is 39.3 Å². The molecule has 1 atom stereocenters. The standard InChI is InChI=1S/C21H32N4O6/c1-21(2,3)31-20(30)24-9-5-4-6-15(24)19(29)23-12-10-22(11-13-23)18(28)14-25-16(26)7-8-17(25)27/h15H,4-14H2,1-3H3. The van der Waals surface area contributed by atoms with E-state index in [2.05, 4.69) is 0 Å². The summed E-state index contributed by atoms with van der Waals surface area (Å²) in [6.07, 6.45) is 2.13. The topological polar surface area (TPSA) is 108 Å². The Balaban J connectivity index is 1.55. The lowest BCUT2D eigenvalue weighted by atomic mass is 10.0. The summed E-state index contributed by atoms with van der Waals surface area (Å²) >= 11 is 0. The highest BCUT2D eigenvalue weighted by Crippen LogP contribution is 2.23. The maximum atomic E-state index is 13.2. The highest BCUT2D eigenvalue weighted by atomic mass is 16.6. The summed E-state index contributed by atoms with van der Waals surface area (Å²) < 4.78 is 5.48. The van der Waals surface area contributed by atoms with Gasteiger partial charge in [-0.05, 0) is 40.0 Å². The molecule has 0 aromatic heterocycles. The number of carbonyl (C=O) groups is 5. The molecular formula is C21H32N4O6. The molecule has 1 unspecified atom stereocenters. The Bertz CT molecular complexity index is 737. The lowest BCUT2D eigenvalue weighted by Gasteiger charge is -2.41. The van der Waals surface area contributed by atoms with Crippen molar-refractivity contribution in [3.63, 3.8) is 0 Å². The third kappa shape index (κ3) is 5.54. The van der Waals surface area contributed by atoms with Crippen LogP contribution in [0.3, 0.4) is 0 Å². The van der Waals surface area contributed by atoms with Crippen LogP contribution < -0.4 is 0 Å². The molecule has 0 spiro atoms. The first-order valence-electron chi connectivity index (χ1n) is 11.0. The van der Waals surface area contributed by atoms with E-state index in [-0.39, 0.29) is 43.0 Å². The summed E-state index contributed by atoms with van der Waals surface area (Å²) in [6, 6.07) is -0.550.